The van der Waals surface area contributed by atoms with Gasteiger partial charge >= 0.3 is 0 Å². The fourth-order valence-corrected chi connectivity index (χ4v) is 1.97. The lowest BCUT2D eigenvalue weighted by Crippen LogP contribution is -2.28. The third-order valence-electron chi connectivity index (χ3n) is 3.00. The van der Waals surface area contributed by atoms with Gasteiger partial charge in [-0.3, -0.25) is 4.68 Å². The maximum absolute atomic E-state index is 4.20. The van der Waals surface area contributed by atoms with Gasteiger partial charge in [-0.05, 0) is 20.3 Å². The number of aryl methyl sites for hydroxylation is 1. The van der Waals surface area contributed by atoms with Crippen LogP contribution < -0.4 is 5.32 Å². The van der Waals surface area contributed by atoms with E-state index in [1.807, 2.05) is 17.9 Å². The molecule has 0 saturated carbocycles. The Hall–Kier alpha value is -0.830. The summed E-state index contributed by atoms with van der Waals surface area (Å²) in [5, 5.41) is 7.81. The van der Waals surface area contributed by atoms with Crippen LogP contribution in [-0.2, 0) is 7.05 Å². The summed E-state index contributed by atoms with van der Waals surface area (Å²) in [5.41, 5.74) is 1.27. The molecule has 0 spiro atoms. The van der Waals surface area contributed by atoms with E-state index < -0.39 is 0 Å². The van der Waals surface area contributed by atoms with Gasteiger partial charge in [-0.25, -0.2) is 0 Å². The lowest BCUT2D eigenvalue weighted by atomic mass is 10.1. The van der Waals surface area contributed by atoms with Crippen molar-refractivity contribution in [1.29, 1.82) is 0 Å². The first-order chi connectivity index (χ1) is 7.63. The van der Waals surface area contributed by atoms with E-state index in [0.717, 1.165) is 0 Å². The molecule has 1 heterocycles. The molecule has 2 atom stereocenters. The highest BCUT2D eigenvalue weighted by Crippen LogP contribution is 2.13. The van der Waals surface area contributed by atoms with Crippen LogP contribution in [0.4, 0.5) is 0 Å². The minimum absolute atomic E-state index is 0.394. The third-order valence-corrected chi connectivity index (χ3v) is 3.00. The Kier molecular flexibility index (Phi) is 5.53. The van der Waals surface area contributed by atoms with E-state index in [2.05, 4.69) is 37.4 Å². The van der Waals surface area contributed by atoms with E-state index in [1.165, 1.54) is 31.2 Å². The van der Waals surface area contributed by atoms with E-state index in [-0.39, 0.29) is 0 Å². The first-order valence-corrected chi connectivity index (χ1v) is 6.38. The molecule has 0 fully saturated rings. The highest BCUT2D eigenvalue weighted by atomic mass is 15.2. The summed E-state index contributed by atoms with van der Waals surface area (Å²) in [7, 11) is 1.96. The van der Waals surface area contributed by atoms with E-state index in [4.69, 9.17) is 0 Å². The Morgan fingerprint density at radius 1 is 1.38 bits per heavy atom. The second-order valence-electron chi connectivity index (χ2n) is 4.73. The zero-order chi connectivity index (χ0) is 12.0. The van der Waals surface area contributed by atoms with Crippen molar-refractivity contribution in [2.75, 3.05) is 0 Å². The molecule has 0 amide bonds. The maximum Gasteiger partial charge on any atom is 0.0537 e. The van der Waals surface area contributed by atoms with Gasteiger partial charge in [-0.1, -0.05) is 26.2 Å². The highest BCUT2D eigenvalue weighted by molar-refractivity contribution is 5.09. The van der Waals surface area contributed by atoms with Crippen molar-refractivity contribution in [2.45, 2.75) is 58.5 Å². The molecule has 1 N–H and O–H groups in total. The zero-order valence-electron chi connectivity index (χ0n) is 11.0. The summed E-state index contributed by atoms with van der Waals surface area (Å²) in [6, 6.07) is 0.979. The smallest absolute Gasteiger partial charge is 0.0537 e. The number of aromatic nitrogens is 2. The highest BCUT2D eigenvalue weighted by Gasteiger charge is 2.10. The summed E-state index contributed by atoms with van der Waals surface area (Å²) in [6.45, 7) is 6.71. The number of rotatable bonds is 7. The van der Waals surface area contributed by atoms with Crippen LogP contribution in [0.5, 0.6) is 0 Å². The summed E-state index contributed by atoms with van der Waals surface area (Å²) >= 11 is 0. The van der Waals surface area contributed by atoms with Gasteiger partial charge in [-0.2, -0.15) is 5.10 Å². The summed E-state index contributed by atoms with van der Waals surface area (Å²) in [5.74, 6) is 0. The molecular weight excluding hydrogens is 198 g/mol. The van der Waals surface area contributed by atoms with E-state index in [0.29, 0.717) is 12.1 Å². The molecule has 1 aromatic rings. The van der Waals surface area contributed by atoms with E-state index in [1.54, 1.807) is 0 Å². The van der Waals surface area contributed by atoms with Crippen molar-refractivity contribution >= 4 is 0 Å². The Bertz CT molecular complexity index is 293. The molecule has 0 saturated heterocycles. The molecule has 0 aliphatic rings. The van der Waals surface area contributed by atoms with Crippen molar-refractivity contribution in [3.63, 3.8) is 0 Å². The zero-order valence-corrected chi connectivity index (χ0v) is 11.0. The first kappa shape index (κ1) is 13.2. The van der Waals surface area contributed by atoms with Crippen LogP contribution in [0.1, 0.15) is 58.1 Å². The Balaban J connectivity index is 2.30. The topological polar surface area (TPSA) is 29.9 Å². The molecule has 1 rings (SSSR count). The molecule has 1 aromatic heterocycles. The monoisotopic (exact) mass is 223 g/mol. The van der Waals surface area contributed by atoms with Crippen molar-refractivity contribution in [3.8, 4) is 0 Å². The van der Waals surface area contributed by atoms with Gasteiger partial charge in [-0.15, -0.1) is 0 Å². The average Bonchev–Trinajstić information content (AvgIpc) is 2.65. The van der Waals surface area contributed by atoms with Gasteiger partial charge < -0.3 is 5.32 Å². The molecule has 0 aromatic carbocycles. The predicted molar refractivity (Wildman–Crippen MR) is 68.4 cm³/mol. The number of nitrogens with zero attached hydrogens (tertiary/aromatic N) is 2. The SMILES string of the molecule is CCCCCC(C)NC(C)c1cnn(C)c1. The molecule has 0 radical (unpaired) electrons. The van der Waals surface area contributed by atoms with Crippen LogP contribution in [0.25, 0.3) is 0 Å². The summed E-state index contributed by atoms with van der Waals surface area (Å²) in [4.78, 5) is 0. The third kappa shape index (κ3) is 4.35. The van der Waals surface area contributed by atoms with Crippen LogP contribution in [0, 0.1) is 0 Å². The molecule has 3 nitrogen and oxygen atoms in total. The molecule has 0 bridgehead atoms. The molecule has 92 valence electrons. The summed E-state index contributed by atoms with van der Waals surface area (Å²) in [6.07, 6.45) is 9.24. The Labute approximate surface area is 99.2 Å². The van der Waals surface area contributed by atoms with E-state index >= 15 is 0 Å². The molecule has 3 heteroatoms. The summed E-state index contributed by atoms with van der Waals surface area (Å²) < 4.78 is 1.86. The second kappa shape index (κ2) is 6.69. The van der Waals surface area contributed by atoms with Crippen molar-refractivity contribution < 1.29 is 0 Å². The second-order valence-corrected chi connectivity index (χ2v) is 4.73. The van der Waals surface area contributed by atoms with Crippen molar-refractivity contribution in [2.24, 2.45) is 7.05 Å². The van der Waals surface area contributed by atoms with Gasteiger partial charge in [0.25, 0.3) is 0 Å². The number of hydrogen-bond acceptors (Lipinski definition) is 2. The number of hydrogen-bond donors (Lipinski definition) is 1. The largest absolute Gasteiger partial charge is 0.308 e. The van der Waals surface area contributed by atoms with Crippen molar-refractivity contribution in [1.82, 2.24) is 15.1 Å². The van der Waals surface area contributed by atoms with Crippen molar-refractivity contribution in [3.05, 3.63) is 18.0 Å². The van der Waals surface area contributed by atoms with Crippen LogP contribution in [-0.4, -0.2) is 15.8 Å². The predicted octanol–water partition coefficient (Wildman–Crippen LogP) is 3.04. The standard InChI is InChI=1S/C13H25N3/c1-5-6-7-8-11(2)15-12(3)13-9-14-16(4)10-13/h9-12,15H,5-8H2,1-4H3. The fraction of sp³-hybridized carbons (Fsp3) is 0.769. The molecule has 2 unspecified atom stereocenters. The Morgan fingerprint density at radius 3 is 2.69 bits per heavy atom. The Morgan fingerprint density at radius 2 is 2.12 bits per heavy atom. The van der Waals surface area contributed by atoms with Crippen LogP contribution >= 0.6 is 0 Å². The van der Waals surface area contributed by atoms with Crippen LogP contribution in [0.3, 0.4) is 0 Å². The quantitative estimate of drug-likeness (QED) is 0.720. The number of unbranched alkanes of at least 4 members (excludes halogenated alkanes) is 2. The molecule has 0 aliphatic heterocycles. The minimum Gasteiger partial charge on any atom is -0.308 e. The average molecular weight is 223 g/mol. The molecule has 0 aliphatic carbocycles. The van der Waals surface area contributed by atoms with Crippen LogP contribution in [0.15, 0.2) is 12.4 Å². The lowest BCUT2D eigenvalue weighted by molar-refractivity contribution is 0.440. The van der Waals surface area contributed by atoms with Gasteiger partial charge in [0.15, 0.2) is 0 Å². The fourth-order valence-electron chi connectivity index (χ4n) is 1.97. The first-order valence-electron chi connectivity index (χ1n) is 6.38. The minimum atomic E-state index is 0.394. The van der Waals surface area contributed by atoms with Crippen LogP contribution in [0.2, 0.25) is 0 Å². The van der Waals surface area contributed by atoms with E-state index in [9.17, 15) is 0 Å². The molecular formula is C13H25N3. The molecule has 16 heavy (non-hydrogen) atoms. The van der Waals surface area contributed by atoms with Gasteiger partial charge in [0.2, 0.25) is 0 Å². The normalized spacial score (nSPS) is 15.0. The van der Waals surface area contributed by atoms with Gasteiger partial charge in [0.1, 0.15) is 0 Å². The van der Waals surface area contributed by atoms with Gasteiger partial charge in [0.05, 0.1) is 6.20 Å². The maximum atomic E-state index is 4.20. The lowest BCUT2D eigenvalue weighted by Gasteiger charge is -2.18. The number of nitrogens with one attached hydrogen (secondary N) is 1. The van der Waals surface area contributed by atoms with Gasteiger partial charge in [0, 0.05) is 30.9 Å².